The summed E-state index contributed by atoms with van der Waals surface area (Å²) in [5.74, 6) is 1.69. The van der Waals surface area contributed by atoms with E-state index in [1.54, 1.807) is 0 Å². The number of fused-ring (bicyclic) bond motifs is 1. The summed E-state index contributed by atoms with van der Waals surface area (Å²) in [5.41, 5.74) is 7.40. The minimum atomic E-state index is 0. The van der Waals surface area contributed by atoms with E-state index < -0.39 is 0 Å². The van der Waals surface area contributed by atoms with Crippen molar-refractivity contribution in [3.05, 3.63) is 29.8 Å². The van der Waals surface area contributed by atoms with Gasteiger partial charge in [-0.3, -0.25) is 0 Å². The third-order valence-electron chi connectivity index (χ3n) is 4.10. The predicted molar refractivity (Wildman–Crippen MR) is 96.5 cm³/mol. The summed E-state index contributed by atoms with van der Waals surface area (Å²) in [6, 6.07) is 8.21. The average Bonchev–Trinajstić information content (AvgIpc) is 2.69. The first kappa shape index (κ1) is 16.4. The van der Waals surface area contributed by atoms with Crippen LogP contribution in [0.3, 0.4) is 0 Å². The van der Waals surface area contributed by atoms with E-state index in [1.165, 1.54) is 31.2 Å². The lowest BCUT2D eigenvalue weighted by Crippen LogP contribution is -2.38. The number of nitrogens with two attached hydrogens (primary N) is 1. The first-order valence-corrected chi connectivity index (χ1v) is 7.62. The minimum Gasteiger partial charge on any atom is -0.488 e. The quantitative estimate of drug-likeness (QED) is 0.471. The first-order valence-electron chi connectivity index (χ1n) is 7.62. The number of nitrogens with zero attached hydrogens (tertiary/aromatic N) is 2. The molecule has 1 aromatic carbocycles. The molecule has 1 fully saturated rings. The summed E-state index contributed by atoms with van der Waals surface area (Å²) in [4.78, 5) is 6.77. The molecule has 0 aliphatic carbocycles. The number of rotatable bonds is 2. The Morgan fingerprint density at radius 2 is 1.90 bits per heavy atom. The fourth-order valence-electron chi connectivity index (χ4n) is 2.95. The highest BCUT2D eigenvalue weighted by molar-refractivity contribution is 14.0. The molecule has 116 valence electrons. The van der Waals surface area contributed by atoms with E-state index in [9.17, 15) is 0 Å². The Morgan fingerprint density at radius 3 is 2.62 bits per heavy atom. The molecule has 2 aliphatic heterocycles. The lowest BCUT2D eigenvalue weighted by atomic mass is 10.1. The Bertz CT molecular complexity index is 459. The molecule has 21 heavy (non-hydrogen) atoms. The highest BCUT2D eigenvalue weighted by atomic mass is 127. The van der Waals surface area contributed by atoms with Gasteiger partial charge in [-0.25, -0.2) is 4.99 Å². The van der Waals surface area contributed by atoms with Crippen LogP contribution in [0.4, 0.5) is 0 Å². The fraction of sp³-hybridized carbons (Fsp3) is 0.562. The highest BCUT2D eigenvalue weighted by Crippen LogP contribution is 2.28. The molecule has 0 amide bonds. The molecule has 1 aromatic rings. The lowest BCUT2D eigenvalue weighted by Gasteiger charge is -2.21. The van der Waals surface area contributed by atoms with Gasteiger partial charge < -0.3 is 15.4 Å². The molecular weight excluding hydrogens is 377 g/mol. The summed E-state index contributed by atoms with van der Waals surface area (Å²) in [6.07, 6.45) is 6.14. The van der Waals surface area contributed by atoms with Crippen LogP contribution >= 0.6 is 24.0 Å². The van der Waals surface area contributed by atoms with Gasteiger partial charge in [-0.05, 0) is 24.5 Å². The van der Waals surface area contributed by atoms with Crippen molar-refractivity contribution in [2.24, 2.45) is 10.7 Å². The molecule has 0 bridgehead atoms. The number of benzene rings is 1. The average molecular weight is 401 g/mol. The summed E-state index contributed by atoms with van der Waals surface area (Å²) < 4.78 is 5.89. The van der Waals surface area contributed by atoms with Gasteiger partial charge in [0, 0.05) is 19.5 Å². The van der Waals surface area contributed by atoms with E-state index in [4.69, 9.17) is 10.5 Å². The Kier molecular flexibility index (Phi) is 6.14. The van der Waals surface area contributed by atoms with Crippen LogP contribution in [0.1, 0.15) is 31.2 Å². The number of hydrogen-bond donors (Lipinski definition) is 1. The molecule has 2 N–H and O–H groups in total. The van der Waals surface area contributed by atoms with E-state index in [2.05, 4.69) is 22.0 Å². The molecule has 5 heteroatoms. The van der Waals surface area contributed by atoms with Gasteiger partial charge in [-0.15, -0.1) is 24.0 Å². The molecule has 0 aromatic heterocycles. The molecule has 4 nitrogen and oxygen atoms in total. The van der Waals surface area contributed by atoms with Gasteiger partial charge in [0.2, 0.25) is 0 Å². The van der Waals surface area contributed by atoms with Gasteiger partial charge in [-0.2, -0.15) is 0 Å². The maximum absolute atomic E-state index is 6.12. The van der Waals surface area contributed by atoms with Crippen molar-refractivity contribution in [2.75, 3.05) is 19.6 Å². The van der Waals surface area contributed by atoms with Crippen LogP contribution in [0.2, 0.25) is 0 Å². The van der Waals surface area contributed by atoms with Crippen molar-refractivity contribution >= 4 is 29.9 Å². The third-order valence-corrected chi connectivity index (χ3v) is 4.10. The molecule has 1 saturated heterocycles. The zero-order chi connectivity index (χ0) is 13.8. The SMILES string of the molecule is I.NC(=NCC1Cc2ccccc2O1)N1CCCCCC1. The van der Waals surface area contributed by atoms with Crippen LogP contribution < -0.4 is 10.5 Å². The Labute approximate surface area is 143 Å². The second-order valence-electron chi connectivity index (χ2n) is 5.65. The topological polar surface area (TPSA) is 50.9 Å². The molecule has 2 heterocycles. The summed E-state index contributed by atoms with van der Waals surface area (Å²) in [6.45, 7) is 2.74. The largest absolute Gasteiger partial charge is 0.488 e. The minimum absolute atomic E-state index is 0. The lowest BCUT2D eigenvalue weighted by molar-refractivity contribution is 0.241. The third kappa shape index (κ3) is 4.25. The van der Waals surface area contributed by atoms with Crippen molar-refractivity contribution in [3.8, 4) is 5.75 Å². The monoisotopic (exact) mass is 401 g/mol. The number of halogens is 1. The maximum Gasteiger partial charge on any atom is 0.191 e. The van der Waals surface area contributed by atoms with E-state index >= 15 is 0 Å². The maximum atomic E-state index is 6.12. The first-order chi connectivity index (χ1) is 9.83. The molecule has 0 saturated carbocycles. The van der Waals surface area contributed by atoms with Crippen molar-refractivity contribution in [1.82, 2.24) is 4.90 Å². The second kappa shape index (κ2) is 7.87. The van der Waals surface area contributed by atoms with Crippen LogP contribution in [0.5, 0.6) is 5.75 Å². The molecule has 2 aliphatic rings. The molecule has 3 rings (SSSR count). The van der Waals surface area contributed by atoms with Gasteiger partial charge in [0.05, 0.1) is 6.54 Å². The van der Waals surface area contributed by atoms with Crippen molar-refractivity contribution < 1.29 is 4.74 Å². The standard InChI is InChI=1S/C16H23N3O.HI/c17-16(19-9-5-1-2-6-10-19)18-12-14-11-13-7-3-4-8-15(13)20-14;/h3-4,7-8,14H,1-2,5-6,9-12H2,(H2,17,18);1H. The van der Waals surface area contributed by atoms with Crippen LogP contribution in [0, 0.1) is 0 Å². The molecule has 1 atom stereocenters. The van der Waals surface area contributed by atoms with E-state index in [1.807, 2.05) is 12.1 Å². The number of likely N-dealkylation sites (tertiary alicyclic amines) is 1. The normalized spacial score (nSPS) is 22.0. The Morgan fingerprint density at radius 1 is 1.19 bits per heavy atom. The van der Waals surface area contributed by atoms with Crippen LogP contribution in [0.15, 0.2) is 29.3 Å². The van der Waals surface area contributed by atoms with Crippen LogP contribution in [-0.2, 0) is 6.42 Å². The fourth-order valence-corrected chi connectivity index (χ4v) is 2.95. The second-order valence-corrected chi connectivity index (χ2v) is 5.65. The van der Waals surface area contributed by atoms with Crippen molar-refractivity contribution in [3.63, 3.8) is 0 Å². The summed E-state index contributed by atoms with van der Waals surface area (Å²) in [7, 11) is 0. The number of guanidine groups is 1. The Hall–Kier alpha value is -0.980. The molecule has 0 radical (unpaired) electrons. The predicted octanol–water partition coefficient (Wildman–Crippen LogP) is 2.80. The van der Waals surface area contributed by atoms with Crippen molar-refractivity contribution in [1.29, 1.82) is 0 Å². The zero-order valence-corrected chi connectivity index (χ0v) is 14.7. The smallest absolute Gasteiger partial charge is 0.191 e. The van der Waals surface area contributed by atoms with Gasteiger partial charge in [-0.1, -0.05) is 31.0 Å². The number of aliphatic imine (C=N–C) groups is 1. The van der Waals surface area contributed by atoms with Gasteiger partial charge in [0.15, 0.2) is 5.96 Å². The van der Waals surface area contributed by atoms with E-state index in [0.717, 1.165) is 25.3 Å². The zero-order valence-electron chi connectivity index (χ0n) is 12.3. The molecular formula is C16H24IN3O. The van der Waals surface area contributed by atoms with Gasteiger partial charge in [0.25, 0.3) is 0 Å². The van der Waals surface area contributed by atoms with E-state index in [-0.39, 0.29) is 30.1 Å². The number of ether oxygens (including phenoxy) is 1. The summed E-state index contributed by atoms with van der Waals surface area (Å²) in [5, 5.41) is 0. The number of hydrogen-bond acceptors (Lipinski definition) is 2. The molecule has 0 spiro atoms. The van der Waals surface area contributed by atoms with E-state index in [0.29, 0.717) is 12.5 Å². The Balaban J connectivity index is 0.00000161. The van der Waals surface area contributed by atoms with Gasteiger partial charge in [0.1, 0.15) is 11.9 Å². The highest BCUT2D eigenvalue weighted by Gasteiger charge is 2.22. The summed E-state index contributed by atoms with van der Waals surface area (Å²) >= 11 is 0. The molecule has 1 unspecified atom stereocenters. The van der Waals surface area contributed by atoms with Crippen LogP contribution in [-0.4, -0.2) is 36.6 Å². The number of para-hydroxylation sites is 1. The van der Waals surface area contributed by atoms with Crippen molar-refractivity contribution in [2.45, 2.75) is 38.2 Å². The van der Waals surface area contributed by atoms with Crippen LogP contribution in [0.25, 0.3) is 0 Å². The van der Waals surface area contributed by atoms with Gasteiger partial charge >= 0.3 is 0 Å².